The molecule has 2 N–H and O–H groups in total. The number of hydrogen-bond donors (Lipinski definition) is 1. The van der Waals surface area contributed by atoms with Gasteiger partial charge >= 0.3 is 0 Å². The van der Waals surface area contributed by atoms with Crippen molar-refractivity contribution in [3.8, 4) is 0 Å². The van der Waals surface area contributed by atoms with Crippen LogP contribution < -0.4 is 5.73 Å². The average Bonchev–Trinajstić information content (AvgIpc) is 2.42. The first-order chi connectivity index (χ1) is 9.69. The van der Waals surface area contributed by atoms with Crippen molar-refractivity contribution in [2.45, 2.75) is 38.5 Å². The van der Waals surface area contributed by atoms with Crippen molar-refractivity contribution in [2.75, 3.05) is 5.73 Å². The van der Waals surface area contributed by atoms with Gasteiger partial charge in [-0.1, -0.05) is 0 Å². The van der Waals surface area contributed by atoms with Gasteiger partial charge in [0.25, 0.3) is 0 Å². The zero-order chi connectivity index (χ0) is 13.7. The van der Waals surface area contributed by atoms with Gasteiger partial charge in [0.15, 0.2) is 5.78 Å². The molecule has 5 rings (SSSR count). The molecule has 1 aromatic carbocycles. The third-order valence-electron chi connectivity index (χ3n) is 6.08. The number of carbonyl (C=O) groups excluding carboxylic acids is 1. The van der Waals surface area contributed by atoms with Crippen molar-refractivity contribution >= 4 is 11.5 Å². The summed E-state index contributed by atoms with van der Waals surface area (Å²) in [4.78, 5) is 12.5. The number of Topliss-reactive ketones (excluding diaryl/α,β-unsaturated/α-hetero) is 1. The third kappa shape index (κ3) is 2.06. The van der Waals surface area contributed by atoms with Gasteiger partial charge in [0, 0.05) is 17.7 Å². The molecule has 4 saturated carbocycles. The zero-order valence-corrected chi connectivity index (χ0v) is 11.9. The summed E-state index contributed by atoms with van der Waals surface area (Å²) in [5.74, 6) is 4.63. The number of hydrogen-bond acceptors (Lipinski definition) is 2. The maximum Gasteiger partial charge on any atom is 0.163 e. The molecule has 0 unspecified atom stereocenters. The Bertz CT molecular complexity index is 491. The molecule has 4 aliphatic rings. The first-order valence-corrected chi connectivity index (χ1v) is 8.08. The molecule has 0 heterocycles. The van der Waals surface area contributed by atoms with Gasteiger partial charge in [0.2, 0.25) is 0 Å². The maximum atomic E-state index is 12.5. The van der Waals surface area contributed by atoms with Crippen LogP contribution in [-0.2, 0) is 0 Å². The molecule has 2 nitrogen and oxygen atoms in total. The lowest BCUT2D eigenvalue weighted by Crippen LogP contribution is -2.45. The van der Waals surface area contributed by atoms with E-state index in [9.17, 15) is 4.79 Å². The molecule has 0 atom stereocenters. The molecule has 106 valence electrons. The van der Waals surface area contributed by atoms with E-state index in [1.807, 2.05) is 24.3 Å². The molecular formula is C18H23NO. The average molecular weight is 269 g/mol. The van der Waals surface area contributed by atoms with E-state index in [2.05, 4.69) is 0 Å². The molecule has 0 radical (unpaired) electrons. The summed E-state index contributed by atoms with van der Waals surface area (Å²) in [5.41, 5.74) is 7.27. The highest BCUT2D eigenvalue weighted by Crippen LogP contribution is 2.57. The van der Waals surface area contributed by atoms with Crippen LogP contribution in [-0.4, -0.2) is 5.78 Å². The standard InChI is InChI=1S/C18H23NO/c19-16-3-1-13(2-4-16)18(20)10-17-14-6-11-5-12(8-14)9-15(17)7-11/h1-4,11-12,14-15,17H,5-10,19H2. The fraction of sp³-hybridized carbons (Fsp3) is 0.611. The Hall–Kier alpha value is -1.31. The lowest BCUT2D eigenvalue weighted by molar-refractivity contribution is -0.0366. The Morgan fingerprint density at radius 3 is 2.05 bits per heavy atom. The van der Waals surface area contributed by atoms with E-state index in [4.69, 9.17) is 5.73 Å². The van der Waals surface area contributed by atoms with Crippen molar-refractivity contribution in [3.63, 3.8) is 0 Å². The second-order valence-corrected chi connectivity index (χ2v) is 7.34. The summed E-state index contributed by atoms with van der Waals surface area (Å²) in [7, 11) is 0. The van der Waals surface area contributed by atoms with Crippen molar-refractivity contribution in [1.29, 1.82) is 0 Å². The van der Waals surface area contributed by atoms with E-state index < -0.39 is 0 Å². The van der Waals surface area contributed by atoms with Gasteiger partial charge in [0.05, 0.1) is 0 Å². The second kappa shape index (κ2) is 4.61. The first-order valence-electron chi connectivity index (χ1n) is 8.08. The molecule has 1 aromatic rings. The number of carbonyl (C=O) groups is 1. The minimum atomic E-state index is 0.322. The van der Waals surface area contributed by atoms with Crippen molar-refractivity contribution in [3.05, 3.63) is 29.8 Å². The van der Waals surface area contributed by atoms with Crippen molar-refractivity contribution in [1.82, 2.24) is 0 Å². The third-order valence-corrected chi connectivity index (χ3v) is 6.08. The monoisotopic (exact) mass is 269 g/mol. The van der Waals surface area contributed by atoms with Gasteiger partial charge in [0.1, 0.15) is 0 Å². The number of benzene rings is 1. The molecule has 0 saturated heterocycles. The highest BCUT2D eigenvalue weighted by Gasteiger charge is 2.48. The molecule has 4 bridgehead atoms. The fourth-order valence-electron chi connectivity index (χ4n) is 5.37. The summed E-state index contributed by atoms with van der Waals surface area (Å²) in [6.07, 6.45) is 7.82. The van der Waals surface area contributed by atoms with Gasteiger partial charge in [-0.25, -0.2) is 0 Å². The minimum Gasteiger partial charge on any atom is -0.399 e. The van der Waals surface area contributed by atoms with E-state index in [-0.39, 0.29) is 0 Å². The molecule has 2 heteroatoms. The smallest absolute Gasteiger partial charge is 0.163 e. The Labute approximate surface area is 120 Å². The second-order valence-electron chi connectivity index (χ2n) is 7.34. The van der Waals surface area contributed by atoms with Gasteiger partial charge in [-0.05, 0) is 86.0 Å². The van der Waals surface area contributed by atoms with Gasteiger partial charge in [-0.15, -0.1) is 0 Å². The molecule has 0 spiro atoms. The van der Waals surface area contributed by atoms with Crippen LogP contribution in [0.2, 0.25) is 0 Å². The van der Waals surface area contributed by atoms with Crippen LogP contribution in [0.25, 0.3) is 0 Å². The quantitative estimate of drug-likeness (QED) is 0.667. The summed E-state index contributed by atoms with van der Waals surface area (Å²) in [6, 6.07) is 7.44. The molecule has 0 aliphatic heterocycles. The normalized spacial score (nSPS) is 38.1. The highest BCUT2D eigenvalue weighted by molar-refractivity contribution is 5.96. The summed E-state index contributed by atoms with van der Waals surface area (Å²) in [6.45, 7) is 0. The number of ketones is 1. The predicted octanol–water partition coefficient (Wildman–Crippen LogP) is 3.91. The maximum absolute atomic E-state index is 12.5. The first kappa shape index (κ1) is 12.4. The molecular weight excluding hydrogens is 246 g/mol. The van der Waals surface area contributed by atoms with E-state index in [0.717, 1.165) is 41.3 Å². The number of anilines is 1. The van der Waals surface area contributed by atoms with Gasteiger partial charge in [-0.3, -0.25) is 4.79 Å². The largest absolute Gasteiger partial charge is 0.399 e. The molecule has 4 aliphatic carbocycles. The van der Waals surface area contributed by atoms with Crippen molar-refractivity contribution in [2.24, 2.45) is 29.6 Å². The Morgan fingerprint density at radius 1 is 0.950 bits per heavy atom. The SMILES string of the molecule is Nc1ccc(C(=O)CC2C3CC4CC(C3)CC2C4)cc1. The Morgan fingerprint density at radius 2 is 1.50 bits per heavy atom. The van der Waals surface area contributed by atoms with Crippen molar-refractivity contribution < 1.29 is 4.79 Å². The number of nitrogens with two attached hydrogens (primary N) is 1. The Kier molecular flexibility index (Phi) is 2.87. The van der Waals surface area contributed by atoms with Gasteiger partial charge < -0.3 is 5.73 Å². The molecule has 4 fully saturated rings. The Balaban J connectivity index is 1.49. The molecule has 0 amide bonds. The lowest BCUT2D eigenvalue weighted by atomic mass is 9.51. The van der Waals surface area contributed by atoms with Crippen LogP contribution >= 0.6 is 0 Å². The van der Waals surface area contributed by atoms with E-state index in [0.29, 0.717) is 11.7 Å². The van der Waals surface area contributed by atoms with E-state index in [1.165, 1.54) is 32.1 Å². The van der Waals surface area contributed by atoms with Gasteiger partial charge in [-0.2, -0.15) is 0 Å². The highest BCUT2D eigenvalue weighted by atomic mass is 16.1. The number of nitrogen functional groups attached to an aromatic ring is 1. The summed E-state index contributed by atoms with van der Waals surface area (Å²) in [5, 5.41) is 0. The minimum absolute atomic E-state index is 0.322. The molecule has 0 aromatic heterocycles. The van der Waals surface area contributed by atoms with E-state index >= 15 is 0 Å². The van der Waals surface area contributed by atoms with Crippen LogP contribution in [0.4, 0.5) is 5.69 Å². The number of rotatable bonds is 3. The van der Waals surface area contributed by atoms with Crippen LogP contribution in [0.5, 0.6) is 0 Å². The van der Waals surface area contributed by atoms with Crippen LogP contribution in [0.15, 0.2) is 24.3 Å². The zero-order valence-electron chi connectivity index (χ0n) is 11.9. The van der Waals surface area contributed by atoms with Crippen LogP contribution in [0, 0.1) is 29.6 Å². The van der Waals surface area contributed by atoms with Crippen LogP contribution in [0.1, 0.15) is 48.9 Å². The van der Waals surface area contributed by atoms with Crippen LogP contribution in [0.3, 0.4) is 0 Å². The topological polar surface area (TPSA) is 43.1 Å². The summed E-state index contributed by atoms with van der Waals surface area (Å²) >= 11 is 0. The lowest BCUT2D eigenvalue weighted by Gasteiger charge is -2.54. The predicted molar refractivity (Wildman–Crippen MR) is 80.3 cm³/mol. The van der Waals surface area contributed by atoms with E-state index in [1.54, 1.807) is 0 Å². The molecule has 20 heavy (non-hydrogen) atoms. The summed E-state index contributed by atoms with van der Waals surface area (Å²) < 4.78 is 0. The fourth-order valence-corrected chi connectivity index (χ4v) is 5.37.